The molecule has 0 saturated heterocycles. The highest BCUT2D eigenvalue weighted by molar-refractivity contribution is 9.10. The highest BCUT2D eigenvalue weighted by Gasteiger charge is 2.32. The van der Waals surface area contributed by atoms with Crippen molar-refractivity contribution < 1.29 is 17.6 Å². The van der Waals surface area contributed by atoms with Crippen molar-refractivity contribution in [2.45, 2.75) is 12.2 Å². The van der Waals surface area contributed by atoms with Crippen LogP contribution in [0.25, 0.3) is 0 Å². The third kappa shape index (κ3) is 3.08. The number of furan rings is 1. The van der Waals surface area contributed by atoms with Gasteiger partial charge in [0.2, 0.25) is 0 Å². The number of alkyl halides is 3. The second kappa shape index (κ2) is 5.88. The fraction of sp³-hybridized carbons (Fsp3) is 0.167. The smallest absolute Gasteiger partial charge is 0.416 e. The Hall–Kier alpha value is -0.830. The quantitative estimate of drug-likeness (QED) is 0.580. The van der Waals surface area contributed by atoms with Crippen molar-refractivity contribution >= 4 is 31.9 Å². The van der Waals surface area contributed by atoms with Crippen LogP contribution in [0.15, 0.2) is 43.9 Å². The van der Waals surface area contributed by atoms with Crippen LogP contribution in [0.1, 0.15) is 22.9 Å². The van der Waals surface area contributed by atoms with E-state index in [9.17, 15) is 13.2 Å². The minimum atomic E-state index is -4.42. The fourth-order valence-electron chi connectivity index (χ4n) is 1.76. The summed E-state index contributed by atoms with van der Waals surface area (Å²) in [5.74, 6) is 5.86. The van der Waals surface area contributed by atoms with E-state index in [-0.39, 0.29) is 0 Å². The Bertz CT molecular complexity index is 613. The number of nitrogens with one attached hydrogen (secondary N) is 1. The van der Waals surface area contributed by atoms with E-state index in [1.54, 1.807) is 6.07 Å². The van der Waals surface area contributed by atoms with Crippen LogP contribution in [0.2, 0.25) is 0 Å². The maximum absolute atomic E-state index is 12.8. The summed E-state index contributed by atoms with van der Waals surface area (Å²) >= 11 is 6.49. The van der Waals surface area contributed by atoms with Gasteiger partial charge in [-0.2, -0.15) is 13.2 Å². The van der Waals surface area contributed by atoms with Gasteiger partial charge in [0.1, 0.15) is 11.8 Å². The number of hydrogen-bond donors (Lipinski definition) is 2. The van der Waals surface area contributed by atoms with Crippen LogP contribution in [0.3, 0.4) is 0 Å². The highest BCUT2D eigenvalue weighted by Crippen LogP contribution is 2.37. The molecule has 1 atom stereocenters. The van der Waals surface area contributed by atoms with Crippen molar-refractivity contribution in [3.05, 3.63) is 56.4 Å². The lowest BCUT2D eigenvalue weighted by Crippen LogP contribution is -2.29. The van der Waals surface area contributed by atoms with E-state index in [2.05, 4.69) is 37.3 Å². The maximum atomic E-state index is 12.8. The molecule has 1 aromatic heterocycles. The maximum Gasteiger partial charge on any atom is 0.416 e. The van der Waals surface area contributed by atoms with Crippen molar-refractivity contribution in [1.29, 1.82) is 0 Å². The van der Waals surface area contributed by atoms with Gasteiger partial charge in [0.15, 0.2) is 0 Å². The summed E-state index contributed by atoms with van der Waals surface area (Å²) in [6.07, 6.45) is -3.00. The molecule has 0 radical (unpaired) electrons. The van der Waals surface area contributed by atoms with E-state index in [4.69, 9.17) is 10.3 Å². The first kappa shape index (κ1) is 15.6. The molecule has 3 N–H and O–H groups in total. The number of halogens is 5. The summed E-state index contributed by atoms with van der Waals surface area (Å²) in [5, 5.41) is 0. The Balaban J connectivity index is 2.52. The molecule has 0 fully saturated rings. The lowest BCUT2D eigenvalue weighted by Gasteiger charge is -2.18. The highest BCUT2D eigenvalue weighted by atomic mass is 79.9. The van der Waals surface area contributed by atoms with Gasteiger partial charge in [0, 0.05) is 4.47 Å². The lowest BCUT2D eigenvalue weighted by molar-refractivity contribution is -0.137. The molecule has 1 unspecified atom stereocenters. The molecule has 0 aliphatic rings. The van der Waals surface area contributed by atoms with Gasteiger partial charge in [-0.05, 0) is 45.8 Å². The molecule has 0 aliphatic heterocycles. The van der Waals surface area contributed by atoms with Gasteiger partial charge >= 0.3 is 6.18 Å². The van der Waals surface area contributed by atoms with E-state index < -0.39 is 17.8 Å². The van der Waals surface area contributed by atoms with Crippen molar-refractivity contribution in [3.63, 3.8) is 0 Å². The normalized spacial score (nSPS) is 13.5. The molecule has 108 valence electrons. The molecule has 3 nitrogen and oxygen atoms in total. The molecule has 20 heavy (non-hydrogen) atoms. The first-order valence-corrected chi connectivity index (χ1v) is 6.99. The molecular weight excluding hydrogens is 405 g/mol. The topological polar surface area (TPSA) is 51.2 Å². The van der Waals surface area contributed by atoms with Crippen LogP contribution < -0.4 is 11.3 Å². The van der Waals surface area contributed by atoms with Crippen molar-refractivity contribution in [2.24, 2.45) is 5.84 Å². The second-order valence-electron chi connectivity index (χ2n) is 3.97. The molecule has 1 heterocycles. The molecule has 2 aromatic rings. The van der Waals surface area contributed by atoms with Crippen molar-refractivity contribution in [2.75, 3.05) is 0 Å². The van der Waals surface area contributed by atoms with Crippen LogP contribution >= 0.6 is 31.9 Å². The van der Waals surface area contributed by atoms with E-state index in [0.29, 0.717) is 20.3 Å². The minimum absolute atomic E-state index is 0.331. The van der Waals surface area contributed by atoms with Gasteiger partial charge < -0.3 is 4.42 Å². The van der Waals surface area contributed by atoms with Gasteiger partial charge in [-0.15, -0.1) is 0 Å². The molecular formula is C12H9Br2F3N2O. The fourth-order valence-corrected chi connectivity index (χ4v) is 2.67. The Morgan fingerprint density at radius 3 is 2.35 bits per heavy atom. The predicted molar refractivity (Wildman–Crippen MR) is 74.7 cm³/mol. The van der Waals surface area contributed by atoms with Crippen LogP contribution in [0, 0.1) is 0 Å². The van der Waals surface area contributed by atoms with Gasteiger partial charge in [-0.25, -0.2) is 5.43 Å². The Kier molecular flexibility index (Phi) is 4.58. The van der Waals surface area contributed by atoms with Gasteiger partial charge in [-0.3, -0.25) is 5.84 Å². The second-order valence-corrected chi connectivity index (χ2v) is 5.68. The summed E-state index contributed by atoms with van der Waals surface area (Å²) in [6.45, 7) is 0. The number of benzene rings is 1. The van der Waals surface area contributed by atoms with E-state index in [0.717, 1.165) is 12.1 Å². The van der Waals surface area contributed by atoms with Gasteiger partial charge in [0.05, 0.1) is 16.3 Å². The number of rotatable bonds is 3. The largest absolute Gasteiger partial charge is 0.466 e. The molecule has 0 spiro atoms. The number of nitrogens with two attached hydrogens (primary N) is 1. The lowest BCUT2D eigenvalue weighted by atomic mass is 10.0. The summed E-state index contributed by atoms with van der Waals surface area (Å²) in [4.78, 5) is 0. The molecule has 0 amide bonds. The van der Waals surface area contributed by atoms with Crippen LogP contribution in [0.4, 0.5) is 13.2 Å². The van der Waals surface area contributed by atoms with E-state index in [1.165, 1.54) is 12.3 Å². The third-order valence-electron chi connectivity index (χ3n) is 2.71. The standard InChI is InChI=1S/C12H9Br2F3N2O/c13-8-2-1-6(12(15,16)17)5-7(8)10(19-18)11-9(14)3-4-20-11/h1-5,10,19H,18H2. The summed E-state index contributed by atoms with van der Waals surface area (Å²) in [7, 11) is 0. The first-order chi connectivity index (χ1) is 9.34. The monoisotopic (exact) mass is 412 g/mol. The predicted octanol–water partition coefficient (Wildman–Crippen LogP) is 4.38. The molecule has 0 saturated carbocycles. The van der Waals surface area contributed by atoms with Gasteiger partial charge in [-0.1, -0.05) is 15.9 Å². The Morgan fingerprint density at radius 2 is 1.85 bits per heavy atom. The average molecular weight is 414 g/mol. The molecule has 8 heteroatoms. The Labute approximate surface area is 129 Å². The summed E-state index contributed by atoms with van der Waals surface area (Å²) in [5.41, 5.74) is 2.04. The SMILES string of the molecule is NNC(c1cc(C(F)(F)F)ccc1Br)c1occc1Br. The molecule has 0 bridgehead atoms. The van der Waals surface area contributed by atoms with Gasteiger partial charge in [0.25, 0.3) is 0 Å². The van der Waals surface area contributed by atoms with Crippen LogP contribution in [-0.4, -0.2) is 0 Å². The van der Waals surface area contributed by atoms with Crippen LogP contribution in [0.5, 0.6) is 0 Å². The zero-order valence-corrected chi connectivity index (χ0v) is 13.0. The molecule has 0 aliphatic carbocycles. The first-order valence-electron chi connectivity index (χ1n) is 5.40. The Morgan fingerprint density at radius 1 is 1.15 bits per heavy atom. The summed E-state index contributed by atoms with van der Waals surface area (Å²) in [6, 6.07) is 4.29. The molecule has 2 rings (SSSR count). The average Bonchev–Trinajstić information content (AvgIpc) is 2.78. The molecule has 1 aromatic carbocycles. The number of hydrazine groups is 1. The van der Waals surface area contributed by atoms with Crippen molar-refractivity contribution in [1.82, 2.24) is 5.43 Å². The van der Waals surface area contributed by atoms with E-state index >= 15 is 0 Å². The van der Waals surface area contributed by atoms with Crippen LogP contribution in [-0.2, 0) is 6.18 Å². The van der Waals surface area contributed by atoms with E-state index in [1.807, 2.05) is 0 Å². The zero-order valence-electron chi connectivity index (χ0n) is 9.84. The summed E-state index contributed by atoms with van der Waals surface area (Å²) < 4.78 is 44.7. The van der Waals surface area contributed by atoms with Crippen molar-refractivity contribution in [3.8, 4) is 0 Å². The minimum Gasteiger partial charge on any atom is -0.466 e. The third-order valence-corrected chi connectivity index (χ3v) is 4.09. The zero-order chi connectivity index (χ0) is 14.9. The number of hydrogen-bond acceptors (Lipinski definition) is 3.